The van der Waals surface area contributed by atoms with E-state index in [2.05, 4.69) is 79.6 Å². The Balaban J connectivity index is 0.000000125. The number of rotatable bonds is 3. The molecule has 2 aromatic heterocycles. The Hall–Kier alpha value is -6.31. The molecule has 1 atom stereocenters. The van der Waals surface area contributed by atoms with Crippen molar-refractivity contribution in [2.24, 2.45) is 0 Å². The van der Waals surface area contributed by atoms with Gasteiger partial charge in [0.15, 0.2) is 5.78 Å². The van der Waals surface area contributed by atoms with Crippen molar-refractivity contribution in [1.82, 2.24) is 0 Å². The molecule has 12 aromatic rings. The van der Waals surface area contributed by atoms with Gasteiger partial charge in [-0.3, -0.25) is 4.79 Å². The van der Waals surface area contributed by atoms with E-state index in [-0.39, 0.29) is 17.4 Å². The highest BCUT2D eigenvalue weighted by atomic mass is 79.9. The zero-order valence-electron chi connectivity index (χ0n) is 37.8. The zero-order chi connectivity index (χ0) is 50.3. The topological polar surface area (TPSA) is 63.6 Å². The van der Waals surface area contributed by atoms with Gasteiger partial charge in [0.05, 0.1) is 0 Å². The van der Waals surface area contributed by atoms with Gasteiger partial charge in [-0.2, -0.15) is 0 Å². The molecule has 14 rings (SSSR count). The standard InChI is InChI=1S/C31H17Br2FO2.C19H8Br2O2.C12H8BrF/c32-18-11-14-21-24(15-18)31(35,23-7-3-1-5-20(23)17-9-12-19(34)13-10-17)25-16-26(33)29-22-6-2-4-8-27(22)36-30(29)28(21)25;20-9-5-6-10-12(7-9)18(22)13-8-14(21)17-11-3-1-2-4-15(11)23-19(17)16(10)13;13-12-4-2-1-3-11(12)9-5-7-10(14)8-6-9/h1-16,35H;1-8H;1-8H. The van der Waals surface area contributed by atoms with Crippen LogP contribution in [0.15, 0.2) is 225 Å². The summed E-state index contributed by atoms with van der Waals surface area (Å²) in [6.45, 7) is 0. The fraction of sp³-hybridized carbons (Fsp3) is 0.0161. The number of ketones is 1. The average molecular weight is 1280 g/mol. The van der Waals surface area contributed by atoms with E-state index in [1.165, 1.54) is 24.3 Å². The molecule has 354 valence electrons. The van der Waals surface area contributed by atoms with E-state index in [4.69, 9.17) is 8.83 Å². The van der Waals surface area contributed by atoms with E-state index >= 15 is 0 Å². The van der Waals surface area contributed by atoms with Gasteiger partial charge < -0.3 is 13.9 Å². The van der Waals surface area contributed by atoms with Gasteiger partial charge in [0.1, 0.15) is 39.6 Å². The summed E-state index contributed by atoms with van der Waals surface area (Å²) in [4.78, 5) is 12.8. The van der Waals surface area contributed by atoms with Crippen LogP contribution >= 0.6 is 79.6 Å². The number of halogens is 7. The molecule has 0 radical (unpaired) electrons. The maximum absolute atomic E-state index is 13.7. The number of fused-ring (bicyclic) bond motifs is 14. The van der Waals surface area contributed by atoms with Crippen molar-refractivity contribution in [3.05, 3.63) is 256 Å². The Morgan fingerprint density at radius 2 is 0.904 bits per heavy atom. The lowest BCUT2D eigenvalue weighted by molar-refractivity contribution is 0.104. The van der Waals surface area contributed by atoms with Crippen LogP contribution in [0.2, 0.25) is 0 Å². The molecule has 0 aliphatic heterocycles. The summed E-state index contributed by atoms with van der Waals surface area (Å²) in [6.07, 6.45) is 0. The van der Waals surface area contributed by atoms with E-state index in [0.717, 1.165) is 127 Å². The minimum atomic E-state index is -1.46. The summed E-state index contributed by atoms with van der Waals surface area (Å²) < 4.78 is 43.5. The van der Waals surface area contributed by atoms with E-state index in [1.54, 1.807) is 24.3 Å². The monoisotopic (exact) mass is 1270 g/mol. The first kappa shape index (κ1) is 47.7. The number of aliphatic hydroxyl groups is 1. The second-order valence-electron chi connectivity index (χ2n) is 17.6. The maximum atomic E-state index is 13.7. The molecule has 0 amide bonds. The Labute approximate surface area is 459 Å². The largest absolute Gasteiger partial charge is 0.455 e. The van der Waals surface area contributed by atoms with Crippen molar-refractivity contribution in [1.29, 1.82) is 0 Å². The van der Waals surface area contributed by atoms with Gasteiger partial charge in [-0.05, 0) is 144 Å². The van der Waals surface area contributed by atoms with Crippen LogP contribution < -0.4 is 0 Å². The fourth-order valence-electron chi connectivity index (χ4n) is 10.2. The van der Waals surface area contributed by atoms with Crippen LogP contribution in [-0.2, 0) is 5.60 Å². The predicted octanol–water partition coefficient (Wildman–Crippen LogP) is 19.8. The molecule has 0 saturated heterocycles. The molecule has 11 heteroatoms. The molecule has 2 aliphatic carbocycles. The number of benzene rings is 10. The van der Waals surface area contributed by atoms with Crippen LogP contribution in [0.25, 0.3) is 88.4 Å². The van der Waals surface area contributed by atoms with Gasteiger partial charge >= 0.3 is 0 Å². The van der Waals surface area contributed by atoms with Crippen molar-refractivity contribution in [3.8, 4) is 44.5 Å². The third kappa shape index (κ3) is 8.07. The summed E-state index contributed by atoms with van der Waals surface area (Å²) in [7, 11) is 0. The lowest BCUT2D eigenvalue weighted by Crippen LogP contribution is -2.27. The molecule has 0 bridgehead atoms. The normalized spacial score (nSPS) is 14.1. The molecule has 1 unspecified atom stereocenters. The van der Waals surface area contributed by atoms with Gasteiger partial charge in [0, 0.05) is 82.9 Å². The van der Waals surface area contributed by atoms with Gasteiger partial charge in [-0.15, -0.1) is 0 Å². The van der Waals surface area contributed by atoms with Crippen molar-refractivity contribution in [2.45, 2.75) is 5.60 Å². The molecule has 2 aliphatic rings. The van der Waals surface area contributed by atoms with Crippen LogP contribution in [0, 0.1) is 11.6 Å². The summed E-state index contributed by atoms with van der Waals surface area (Å²) >= 11 is 17.9. The van der Waals surface area contributed by atoms with E-state index in [9.17, 15) is 18.7 Å². The molecule has 73 heavy (non-hydrogen) atoms. The molecule has 0 saturated carbocycles. The fourth-order valence-corrected chi connectivity index (χ4v) is 12.7. The smallest absolute Gasteiger partial charge is 0.194 e. The first-order valence-electron chi connectivity index (χ1n) is 22.9. The zero-order valence-corrected chi connectivity index (χ0v) is 45.7. The number of carbonyl (C=O) groups is 1. The maximum Gasteiger partial charge on any atom is 0.194 e. The molecule has 4 nitrogen and oxygen atoms in total. The summed E-state index contributed by atoms with van der Waals surface area (Å²) in [5.74, 6) is -0.466. The number of carbonyl (C=O) groups excluding carboxylic acids is 1. The quantitative estimate of drug-likeness (QED) is 0.191. The van der Waals surface area contributed by atoms with Crippen molar-refractivity contribution < 1.29 is 27.5 Å². The first-order valence-corrected chi connectivity index (χ1v) is 26.9. The molecule has 0 spiro atoms. The third-order valence-electron chi connectivity index (χ3n) is 13.5. The van der Waals surface area contributed by atoms with Gasteiger partial charge in [0.2, 0.25) is 0 Å². The van der Waals surface area contributed by atoms with Crippen molar-refractivity contribution in [3.63, 3.8) is 0 Å². The minimum absolute atomic E-state index is 0.0411. The highest BCUT2D eigenvalue weighted by Gasteiger charge is 2.46. The van der Waals surface area contributed by atoms with E-state index in [1.807, 2.05) is 146 Å². The highest BCUT2D eigenvalue weighted by molar-refractivity contribution is 9.11. The van der Waals surface area contributed by atoms with E-state index in [0.29, 0.717) is 11.1 Å². The molecular weight excluding hydrogens is 1250 g/mol. The second kappa shape index (κ2) is 18.9. The molecule has 0 fully saturated rings. The molecule has 10 aromatic carbocycles. The Morgan fingerprint density at radius 1 is 0.397 bits per heavy atom. The molecular formula is C62H33Br5F2O4. The van der Waals surface area contributed by atoms with Crippen molar-refractivity contribution >= 4 is 129 Å². The Bertz CT molecular complexity index is 4220. The van der Waals surface area contributed by atoms with E-state index < -0.39 is 5.60 Å². The average Bonchev–Trinajstić information content (AvgIpc) is 4.14. The van der Waals surface area contributed by atoms with Gasteiger partial charge in [-0.1, -0.05) is 163 Å². The number of hydrogen-bond donors (Lipinski definition) is 1. The lowest BCUT2D eigenvalue weighted by atomic mass is 9.80. The van der Waals surface area contributed by atoms with Crippen LogP contribution in [0.4, 0.5) is 8.78 Å². The van der Waals surface area contributed by atoms with Crippen LogP contribution in [0.1, 0.15) is 32.6 Å². The molecule has 2 heterocycles. The minimum Gasteiger partial charge on any atom is -0.455 e. The van der Waals surface area contributed by atoms with Crippen LogP contribution in [-0.4, -0.2) is 10.9 Å². The Kier molecular flexibility index (Phi) is 12.3. The second-order valence-corrected chi connectivity index (χ2v) is 22.0. The first-order chi connectivity index (χ1) is 35.4. The van der Waals surface area contributed by atoms with Crippen LogP contribution in [0.3, 0.4) is 0 Å². The SMILES string of the molecule is Fc1ccc(-c2ccccc2Br)cc1.O=C1c2cc(Br)ccc2-c2c1cc(Br)c1c2oc2ccccc21.OC1(c2ccccc2-c2ccc(F)cc2)c2cc(Br)ccc2-c2c1cc(Br)c1c2oc2ccccc21. The summed E-state index contributed by atoms with van der Waals surface area (Å²) in [5, 5.41) is 16.9. The van der Waals surface area contributed by atoms with Gasteiger partial charge in [-0.25, -0.2) is 8.78 Å². The lowest BCUT2D eigenvalue weighted by Gasteiger charge is -2.29. The third-order valence-corrected chi connectivity index (χ3v) is 16.4. The number of hydrogen-bond acceptors (Lipinski definition) is 4. The molecule has 1 N–H and O–H groups in total. The number of furan rings is 2. The number of para-hydroxylation sites is 2. The predicted molar refractivity (Wildman–Crippen MR) is 306 cm³/mol. The summed E-state index contributed by atoms with van der Waals surface area (Å²) in [6, 6.07) is 60.1. The van der Waals surface area contributed by atoms with Crippen molar-refractivity contribution in [2.75, 3.05) is 0 Å². The highest BCUT2D eigenvalue weighted by Crippen LogP contribution is 2.57. The Morgan fingerprint density at radius 3 is 1.53 bits per heavy atom. The summed E-state index contributed by atoms with van der Waals surface area (Å²) in [5.41, 5.74) is 12.7. The van der Waals surface area contributed by atoms with Crippen LogP contribution in [0.5, 0.6) is 0 Å². The van der Waals surface area contributed by atoms with Gasteiger partial charge in [0.25, 0.3) is 0 Å².